The summed E-state index contributed by atoms with van der Waals surface area (Å²) in [7, 11) is 0. The average Bonchev–Trinajstić information content (AvgIpc) is 2.15. The van der Waals surface area contributed by atoms with E-state index in [1.807, 2.05) is 30.9 Å². The summed E-state index contributed by atoms with van der Waals surface area (Å²) in [5, 5.41) is 1.14. The van der Waals surface area contributed by atoms with Gasteiger partial charge in [-0.15, -0.1) is 11.8 Å². The van der Waals surface area contributed by atoms with Gasteiger partial charge in [-0.2, -0.15) is 0 Å². The van der Waals surface area contributed by atoms with Crippen LogP contribution in [-0.4, -0.2) is 16.8 Å². The first kappa shape index (κ1) is 12.5. The van der Waals surface area contributed by atoms with Gasteiger partial charge < -0.3 is 5.73 Å². The van der Waals surface area contributed by atoms with Gasteiger partial charge >= 0.3 is 0 Å². The molecule has 0 aliphatic carbocycles. The lowest BCUT2D eigenvalue weighted by molar-refractivity contribution is 0.720. The molecular weight excluding hydrogens is 204 g/mol. The molecular formula is C12H20N2S. The van der Waals surface area contributed by atoms with E-state index < -0.39 is 0 Å². The second-order valence-corrected chi connectivity index (χ2v) is 5.36. The topological polar surface area (TPSA) is 38.9 Å². The quantitative estimate of drug-likeness (QED) is 0.782. The Bertz CT molecular complexity index is 297. The molecule has 15 heavy (non-hydrogen) atoms. The van der Waals surface area contributed by atoms with Gasteiger partial charge in [0.2, 0.25) is 0 Å². The molecule has 2 N–H and O–H groups in total. The lowest BCUT2D eigenvalue weighted by atomic mass is 10.1. The van der Waals surface area contributed by atoms with E-state index in [9.17, 15) is 0 Å². The molecule has 1 rings (SSSR count). The summed E-state index contributed by atoms with van der Waals surface area (Å²) in [4.78, 5) is 4.41. The van der Waals surface area contributed by atoms with E-state index >= 15 is 0 Å². The monoisotopic (exact) mass is 224 g/mol. The van der Waals surface area contributed by atoms with E-state index in [1.54, 1.807) is 0 Å². The van der Waals surface area contributed by atoms with Crippen LogP contribution in [0.3, 0.4) is 0 Å². The first-order chi connectivity index (χ1) is 7.09. The molecule has 1 unspecified atom stereocenters. The van der Waals surface area contributed by atoms with Crippen molar-refractivity contribution in [1.82, 2.24) is 4.98 Å². The Hall–Kier alpha value is -0.540. The van der Waals surface area contributed by atoms with E-state index in [2.05, 4.69) is 24.9 Å². The fraction of sp³-hybridized carbons (Fsp3) is 0.583. The van der Waals surface area contributed by atoms with Crippen molar-refractivity contribution in [1.29, 1.82) is 0 Å². The molecule has 0 saturated heterocycles. The maximum atomic E-state index is 5.81. The smallest absolute Gasteiger partial charge is 0.0992 e. The highest BCUT2D eigenvalue weighted by Gasteiger charge is 2.06. The van der Waals surface area contributed by atoms with Crippen molar-refractivity contribution in [3.05, 3.63) is 23.9 Å². The number of pyridine rings is 1. The summed E-state index contributed by atoms with van der Waals surface area (Å²) in [6, 6.07) is 4.31. The van der Waals surface area contributed by atoms with Gasteiger partial charge in [-0.3, -0.25) is 0 Å². The van der Waals surface area contributed by atoms with Gasteiger partial charge in [0, 0.05) is 18.0 Å². The molecule has 1 heterocycles. The van der Waals surface area contributed by atoms with E-state index in [1.165, 1.54) is 5.56 Å². The minimum Gasteiger partial charge on any atom is -0.328 e. The van der Waals surface area contributed by atoms with Crippen LogP contribution in [0.5, 0.6) is 0 Å². The Labute approximate surface area is 96.7 Å². The van der Waals surface area contributed by atoms with E-state index in [0.29, 0.717) is 5.92 Å². The molecule has 1 aromatic heterocycles. The Morgan fingerprint density at radius 1 is 1.40 bits per heavy atom. The van der Waals surface area contributed by atoms with Crippen molar-refractivity contribution < 1.29 is 0 Å². The maximum absolute atomic E-state index is 5.81. The second kappa shape index (κ2) is 6.13. The molecule has 2 nitrogen and oxygen atoms in total. The van der Waals surface area contributed by atoms with E-state index in [0.717, 1.165) is 17.2 Å². The zero-order chi connectivity index (χ0) is 11.3. The minimum absolute atomic E-state index is 0.201. The van der Waals surface area contributed by atoms with Crippen molar-refractivity contribution in [3.63, 3.8) is 0 Å². The zero-order valence-corrected chi connectivity index (χ0v) is 10.6. The number of hydrogen-bond acceptors (Lipinski definition) is 3. The van der Waals surface area contributed by atoms with Crippen molar-refractivity contribution in [2.24, 2.45) is 11.7 Å². The summed E-state index contributed by atoms with van der Waals surface area (Å²) < 4.78 is 0. The second-order valence-electron chi connectivity index (χ2n) is 4.35. The molecule has 1 atom stereocenters. The van der Waals surface area contributed by atoms with Crippen LogP contribution >= 0.6 is 11.8 Å². The summed E-state index contributed by atoms with van der Waals surface area (Å²) in [5.74, 6) is 1.81. The molecule has 1 aromatic rings. The number of thioether (sulfide) groups is 1. The van der Waals surface area contributed by atoms with Crippen LogP contribution in [0.2, 0.25) is 0 Å². The fourth-order valence-electron chi connectivity index (χ4n) is 1.30. The molecule has 0 amide bonds. The first-order valence-corrected chi connectivity index (χ1v) is 6.40. The minimum atomic E-state index is 0.201. The number of aromatic nitrogens is 1. The number of nitrogens with two attached hydrogens (primary N) is 1. The molecule has 0 aromatic carbocycles. The third-order valence-electron chi connectivity index (χ3n) is 1.95. The highest BCUT2D eigenvalue weighted by molar-refractivity contribution is 7.99. The van der Waals surface area contributed by atoms with Gasteiger partial charge in [-0.25, -0.2) is 4.98 Å². The van der Waals surface area contributed by atoms with Crippen LogP contribution in [0.4, 0.5) is 0 Å². The highest BCUT2D eigenvalue weighted by atomic mass is 32.2. The normalized spacial score (nSPS) is 13.1. The van der Waals surface area contributed by atoms with Gasteiger partial charge in [0.1, 0.15) is 0 Å². The predicted molar refractivity (Wildman–Crippen MR) is 67.2 cm³/mol. The number of nitrogens with zero attached hydrogens (tertiary/aromatic N) is 1. The molecule has 0 radical (unpaired) electrons. The average molecular weight is 224 g/mol. The van der Waals surface area contributed by atoms with Crippen LogP contribution in [-0.2, 0) is 6.42 Å². The van der Waals surface area contributed by atoms with Crippen LogP contribution in [0, 0.1) is 5.92 Å². The third kappa shape index (κ3) is 4.67. The third-order valence-corrected chi connectivity index (χ3v) is 3.42. The predicted octanol–water partition coefficient (Wildman–Crippen LogP) is 2.72. The van der Waals surface area contributed by atoms with Crippen LogP contribution in [0.1, 0.15) is 26.3 Å². The molecule has 0 bridgehead atoms. The molecule has 0 aliphatic heterocycles. The SMILES string of the molecule is CC(C)CSc1ncccc1CC(C)N. The highest BCUT2D eigenvalue weighted by Crippen LogP contribution is 2.22. The Morgan fingerprint density at radius 3 is 2.73 bits per heavy atom. The maximum Gasteiger partial charge on any atom is 0.0992 e. The van der Waals surface area contributed by atoms with Gasteiger partial charge in [-0.1, -0.05) is 19.9 Å². The van der Waals surface area contributed by atoms with Gasteiger partial charge in [0.05, 0.1) is 5.03 Å². The summed E-state index contributed by atoms with van der Waals surface area (Å²) >= 11 is 1.83. The van der Waals surface area contributed by atoms with Crippen molar-refractivity contribution >= 4 is 11.8 Å². The van der Waals surface area contributed by atoms with Crippen LogP contribution < -0.4 is 5.73 Å². The Balaban J connectivity index is 2.68. The van der Waals surface area contributed by atoms with Gasteiger partial charge in [0.25, 0.3) is 0 Å². The first-order valence-electron chi connectivity index (χ1n) is 5.42. The van der Waals surface area contributed by atoms with Crippen molar-refractivity contribution in [3.8, 4) is 0 Å². The Kier molecular flexibility index (Phi) is 5.12. The lowest BCUT2D eigenvalue weighted by Gasteiger charge is -2.10. The molecule has 0 fully saturated rings. The molecule has 0 saturated carbocycles. The van der Waals surface area contributed by atoms with Crippen LogP contribution in [0.15, 0.2) is 23.4 Å². The van der Waals surface area contributed by atoms with Crippen molar-refractivity contribution in [2.75, 3.05) is 5.75 Å². The van der Waals surface area contributed by atoms with Crippen molar-refractivity contribution in [2.45, 2.75) is 38.3 Å². The fourth-order valence-corrected chi connectivity index (χ4v) is 2.27. The number of hydrogen-bond donors (Lipinski definition) is 1. The van der Waals surface area contributed by atoms with Gasteiger partial charge in [0.15, 0.2) is 0 Å². The van der Waals surface area contributed by atoms with Gasteiger partial charge in [-0.05, 0) is 30.9 Å². The summed E-state index contributed by atoms with van der Waals surface area (Å²) in [6.45, 7) is 6.48. The van der Waals surface area contributed by atoms with Crippen LogP contribution in [0.25, 0.3) is 0 Å². The summed E-state index contributed by atoms with van der Waals surface area (Å²) in [5.41, 5.74) is 7.09. The largest absolute Gasteiger partial charge is 0.328 e. The number of rotatable bonds is 5. The zero-order valence-electron chi connectivity index (χ0n) is 9.73. The molecule has 0 spiro atoms. The summed E-state index contributed by atoms with van der Waals surface area (Å²) in [6.07, 6.45) is 2.77. The molecule has 84 valence electrons. The lowest BCUT2D eigenvalue weighted by Crippen LogP contribution is -2.18. The molecule has 3 heteroatoms. The molecule has 0 aliphatic rings. The standard InChI is InChI=1S/C12H20N2S/c1-9(2)8-15-12-11(7-10(3)13)5-4-6-14-12/h4-6,9-10H,7-8,13H2,1-3H3. The Morgan fingerprint density at radius 2 is 2.13 bits per heavy atom. The van der Waals surface area contributed by atoms with E-state index in [4.69, 9.17) is 5.73 Å². The van der Waals surface area contributed by atoms with E-state index in [-0.39, 0.29) is 6.04 Å².